The fourth-order valence-corrected chi connectivity index (χ4v) is 5.27. The molecule has 8 heteroatoms. The van der Waals surface area contributed by atoms with E-state index in [0.717, 1.165) is 25.0 Å². The monoisotopic (exact) mass is 418 g/mol. The lowest BCUT2D eigenvalue weighted by Crippen LogP contribution is -2.35. The number of amides is 1. The van der Waals surface area contributed by atoms with Gasteiger partial charge in [0, 0.05) is 30.1 Å². The number of piperidine rings is 1. The summed E-state index contributed by atoms with van der Waals surface area (Å²) in [4.78, 5) is 12.6. The smallest absolute Gasteiger partial charge is 0.252 e. The molecule has 0 unspecified atom stereocenters. The number of thioether (sulfide) groups is 1. The first kappa shape index (κ1) is 21.5. The molecular formula is C18H27ClN2O3S2. The maximum absolute atomic E-state index is 12.8. The van der Waals surface area contributed by atoms with Crippen molar-refractivity contribution in [3.8, 4) is 0 Å². The minimum atomic E-state index is -3.59. The van der Waals surface area contributed by atoms with Crippen LogP contribution in [-0.2, 0) is 10.0 Å². The molecule has 2 rings (SSSR count). The van der Waals surface area contributed by atoms with Crippen LogP contribution in [0.5, 0.6) is 0 Å². The summed E-state index contributed by atoms with van der Waals surface area (Å²) >= 11 is 7.89. The number of carbonyl (C=O) groups is 1. The average Bonchev–Trinajstić information content (AvgIpc) is 2.58. The molecule has 1 amide bonds. The van der Waals surface area contributed by atoms with Crippen molar-refractivity contribution in [3.05, 3.63) is 28.8 Å². The number of hydrogen-bond donors (Lipinski definition) is 1. The number of nitrogens with one attached hydrogen (secondary N) is 1. The molecule has 0 saturated carbocycles. The Balaban J connectivity index is 2.10. The Labute approximate surface area is 165 Å². The van der Waals surface area contributed by atoms with Gasteiger partial charge in [-0.05, 0) is 31.0 Å². The zero-order valence-electron chi connectivity index (χ0n) is 15.5. The molecule has 1 aromatic rings. The molecular weight excluding hydrogens is 392 g/mol. The zero-order chi connectivity index (χ0) is 19.4. The van der Waals surface area contributed by atoms with Crippen molar-refractivity contribution in [1.29, 1.82) is 0 Å². The molecule has 0 bridgehead atoms. The number of carbonyl (C=O) groups excluding carboxylic acids is 1. The lowest BCUT2D eigenvalue weighted by Gasteiger charge is -2.26. The average molecular weight is 419 g/mol. The van der Waals surface area contributed by atoms with Crippen molar-refractivity contribution < 1.29 is 13.2 Å². The van der Waals surface area contributed by atoms with E-state index >= 15 is 0 Å². The highest BCUT2D eigenvalue weighted by atomic mass is 35.5. The molecule has 0 atom stereocenters. The Kier molecular flexibility index (Phi) is 7.42. The standard InChI is InChI=1S/C18H27ClN2O3S2/c1-18(2,3)25-12-9-20-17(22)15-13-14(7-8-16(15)19)26(23,24)21-10-5-4-6-11-21/h7-8,13H,4-6,9-12H2,1-3H3,(H,20,22). The number of hydrogen-bond acceptors (Lipinski definition) is 4. The van der Waals surface area contributed by atoms with Crippen LogP contribution in [0.2, 0.25) is 5.02 Å². The maximum Gasteiger partial charge on any atom is 0.252 e. The van der Waals surface area contributed by atoms with Gasteiger partial charge in [-0.1, -0.05) is 38.8 Å². The molecule has 1 aliphatic rings. The van der Waals surface area contributed by atoms with E-state index in [1.165, 1.54) is 22.5 Å². The highest BCUT2D eigenvalue weighted by Crippen LogP contribution is 2.25. The minimum Gasteiger partial charge on any atom is -0.351 e. The van der Waals surface area contributed by atoms with E-state index < -0.39 is 10.0 Å². The largest absolute Gasteiger partial charge is 0.351 e. The van der Waals surface area contributed by atoms with Crippen LogP contribution < -0.4 is 5.32 Å². The number of halogens is 1. The van der Waals surface area contributed by atoms with Gasteiger partial charge in [0.1, 0.15) is 0 Å². The predicted molar refractivity (Wildman–Crippen MR) is 109 cm³/mol. The summed E-state index contributed by atoms with van der Waals surface area (Å²) in [6, 6.07) is 4.34. The van der Waals surface area contributed by atoms with Crippen molar-refractivity contribution in [3.63, 3.8) is 0 Å². The number of benzene rings is 1. The predicted octanol–water partition coefficient (Wildman–Crippen LogP) is 3.78. The van der Waals surface area contributed by atoms with Crippen LogP contribution in [0.1, 0.15) is 50.4 Å². The SMILES string of the molecule is CC(C)(C)SCCNC(=O)c1cc(S(=O)(=O)N2CCCCC2)ccc1Cl. The molecule has 0 spiro atoms. The number of nitrogens with zero attached hydrogens (tertiary/aromatic N) is 1. The first-order valence-corrected chi connectivity index (χ1v) is 11.6. The maximum atomic E-state index is 12.8. The highest BCUT2D eigenvalue weighted by Gasteiger charge is 2.27. The van der Waals surface area contributed by atoms with Crippen LogP contribution in [0.25, 0.3) is 0 Å². The quantitative estimate of drug-likeness (QED) is 0.714. The van der Waals surface area contributed by atoms with E-state index in [1.54, 1.807) is 11.8 Å². The third kappa shape index (κ3) is 5.87. The van der Waals surface area contributed by atoms with Crippen LogP contribution in [0.15, 0.2) is 23.1 Å². The van der Waals surface area contributed by atoms with Crippen LogP contribution in [0.4, 0.5) is 0 Å². The normalized spacial score (nSPS) is 16.5. The molecule has 1 aromatic carbocycles. The second kappa shape index (κ2) is 8.95. The fraction of sp³-hybridized carbons (Fsp3) is 0.611. The summed E-state index contributed by atoms with van der Waals surface area (Å²) in [5, 5.41) is 3.07. The van der Waals surface area contributed by atoms with Crippen molar-refractivity contribution in [2.75, 3.05) is 25.4 Å². The molecule has 5 nitrogen and oxygen atoms in total. The summed E-state index contributed by atoms with van der Waals surface area (Å²) < 4.78 is 27.2. The molecule has 0 aliphatic carbocycles. The Hall–Kier alpha value is -0.760. The number of sulfonamides is 1. The molecule has 1 N–H and O–H groups in total. The first-order chi connectivity index (χ1) is 12.1. The van der Waals surface area contributed by atoms with Crippen molar-refractivity contribution >= 4 is 39.3 Å². The number of rotatable bonds is 6. The Morgan fingerprint density at radius 3 is 2.50 bits per heavy atom. The van der Waals surface area contributed by atoms with Gasteiger partial charge in [0.25, 0.3) is 5.91 Å². The first-order valence-electron chi connectivity index (χ1n) is 8.83. The van der Waals surface area contributed by atoms with Crippen molar-refractivity contribution in [2.24, 2.45) is 0 Å². The molecule has 26 heavy (non-hydrogen) atoms. The minimum absolute atomic E-state index is 0.123. The summed E-state index contributed by atoms with van der Waals surface area (Å²) in [6.07, 6.45) is 2.78. The van der Waals surface area contributed by atoms with E-state index in [2.05, 4.69) is 26.1 Å². The Morgan fingerprint density at radius 2 is 1.88 bits per heavy atom. The lowest BCUT2D eigenvalue weighted by atomic mass is 10.2. The van der Waals surface area contributed by atoms with Gasteiger partial charge in [0.05, 0.1) is 15.5 Å². The van der Waals surface area contributed by atoms with E-state index in [4.69, 9.17) is 11.6 Å². The van der Waals surface area contributed by atoms with Gasteiger partial charge in [-0.25, -0.2) is 8.42 Å². The van der Waals surface area contributed by atoms with E-state index in [0.29, 0.717) is 19.6 Å². The van der Waals surface area contributed by atoms with Crippen molar-refractivity contribution in [2.45, 2.75) is 49.7 Å². The van der Waals surface area contributed by atoms with Crippen LogP contribution in [0, 0.1) is 0 Å². The van der Waals surface area contributed by atoms with Gasteiger partial charge >= 0.3 is 0 Å². The van der Waals surface area contributed by atoms with Gasteiger partial charge in [-0.3, -0.25) is 4.79 Å². The Bertz CT molecular complexity index is 739. The van der Waals surface area contributed by atoms with Crippen LogP contribution >= 0.6 is 23.4 Å². The third-order valence-electron chi connectivity index (χ3n) is 4.06. The Morgan fingerprint density at radius 1 is 1.23 bits per heavy atom. The van der Waals surface area contributed by atoms with Crippen LogP contribution in [-0.4, -0.2) is 48.8 Å². The van der Waals surface area contributed by atoms with Gasteiger partial charge in [0.15, 0.2) is 0 Å². The van der Waals surface area contributed by atoms with Gasteiger partial charge in [-0.2, -0.15) is 16.1 Å². The molecule has 1 heterocycles. The molecule has 1 fully saturated rings. The summed E-state index contributed by atoms with van der Waals surface area (Å²) in [5.41, 5.74) is 0.200. The summed E-state index contributed by atoms with van der Waals surface area (Å²) in [5.74, 6) is 0.429. The fourth-order valence-electron chi connectivity index (χ4n) is 2.71. The second-order valence-electron chi connectivity index (χ2n) is 7.32. The lowest BCUT2D eigenvalue weighted by molar-refractivity contribution is 0.0956. The topological polar surface area (TPSA) is 66.5 Å². The van der Waals surface area contributed by atoms with Gasteiger partial charge in [0.2, 0.25) is 10.0 Å². The summed E-state index contributed by atoms with van der Waals surface area (Å²) in [6.45, 7) is 7.90. The van der Waals surface area contributed by atoms with E-state index in [-0.39, 0.29) is 26.1 Å². The molecule has 1 aliphatic heterocycles. The van der Waals surface area contributed by atoms with Gasteiger partial charge < -0.3 is 5.32 Å². The molecule has 1 saturated heterocycles. The molecule has 146 valence electrons. The highest BCUT2D eigenvalue weighted by molar-refractivity contribution is 8.00. The van der Waals surface area contributed by atoms with E-state index in [9.17, 15) is 13.2 Å². The second-order valence-corrected chi connectivity index (χ2v) is 11.6. The van der Waals surface area contributed by atoms with Gasteiger partial charge in [-0.15, -0.1) is 0 Å². The summed E-state index contributed by atoms with van der Waals surface area (Å²) in [7, 11) is -3.59. The molecule has 0 aromatic heterocycles. The van der Waals surface area contributed by atoms with E-state index in [1.807, 2.05) is 0 Å². The third-order valence-corrected chi connectivity index (χ3v) is 7.56. The van der Waals surface area contributed by atoms with Crippen molar-refractivity contribution in [1.82, 2.24) is 9.62 Å². The van der Waals surface area contributed by atoms with Crippen LogP contribution in [0.3, 0.4) is 0 Å². The molecule has 0 radical (unpaired) electrons. The zero-order valence-corrected chi connectivity index (χ0v) is 17.9.